The van der Waals surface area contributed by atoms with Gasteiger partial charge in [0.2, 0.25) is 0 Å². The van der Waals surface area contributed by atoms with Gasteiger partial charge in [0.15, 0.2) is 0 Å². The summed E-state index contributed by atoms with van der Waals surface area (Å²) in [6.45, 7) is 8.22. The Morgan fingerprint density at radius 2 is 1.90 bits per heavy atom. The van der Waals surface area contributed by atoms with Gasteiger partial charge in [-0.15, -0.1) is 0 Å². The van der Waals surface area contributed by atoms with Gasteiger partial charge in [-0.1, -0.05) is 0 Å². The Hall–Kier alpha value is -1.75. The van der Waals surface area contributed by atoms with Crippen LogP contribution in [-0.4, -0.2) is 15.5 Å². The summed E-state index contributed by atoms with van der Waals surface area (Å²) < 4.78 is 27.4. The third-order valence-electron chi connectivity index (χ3n) is 2.95. The molecule has 2 N–H and O–H groups in total. The average Bonchev–Trinajstić information content (AvgIpc) is 2.79. The summed E-state index contributed by atoms with van der Waals surface area (Å²) in [5.41, 5.74) is 0.934. The lowest BCUT2D eigenvalue weighted by Crippen LogP contribution is -2.35. The molecule has 0 aliphatic rings. The molecule has 0 unspecified atom stereocenters. The van der Waals surface area contributed by atoms with Gasteiger partial charge in [-0.2, -0.15) is 0 Å². The first-order chi connectivity index (χ1) is 9.26. The van der Waals surface area contributed by atoms with Gasteiger partial charge >= 0.3 is 0 Å². The predicted octanol–water partition coefficient (Wildman–Crippen LogP) is 3.55. The molecule has 1 aromatic carbocycles. The van der Waals surface area contributed by atoms with E-state index in [1.54, 1.807) is 0 Å². The highest BCUT2D eigenvalue weighted by atomic mass is 19.1. The molecule has 0 aliphatic heterocycles. The van der Waals surface area contributed by atoms with Crippen LogP contribution in [0.15, 0.2) is 18.3 Å². The summed E-state index contributed by atoms with van der Waals surface area (Å²) in [5.74, 6) is -0.191. The molecule has 108 valence electrons. The van der Waals surface area contributed by atoms with Gasteiger partial charge in [-0.25, -0.2) is 13.8 Å². The van der Waals surface area contributed by atoms with Crippen molar-refractivity contribution < 1.29 is 8.78 Å². The molecule has 0 spiro atoms. The van der Waals surface area contributed by atoms with Crippen molar-refractivity contribution in [2.45, 2.75) is 39.8 Å². The van der Waals surface area contributed by atoms with E-state index < -0.39 is 11.6 Å². The molecule has 2 aromatic rings. The zero-order valence-electron chi connectivity index (χ0n) is 12.1. The average molecular weight is 279 g/mol. The third kappa shape index (κ3) is 3.42. The van der Waals surface area contributed by atoms with Crippen LogP contribution in [0.1, 0.15) is 32.2 Å². The molecule has 0 saturated carbocycles. The Kier molecular flexibility index (Phi) is 3.90. The van der Waals surface area contributed by atoms with E-state index in [4.69, 9.17) is 0 Å². The second-order valence-corrected chi connectivity index (χ2v) is 5.93. The number of aromatic amines is 1. The Morgan fingerprint density at radius 3 is 2.55 bits per heavy atom. The minimum Gasteiger partial charge on any atom is -0.341 e. The maximum Gasteiger partial charge on any atom is 0.133 e. The van der Waals surface area contributed by atoms with E-state index in [0.29, 0.717) is 23.6 Å². The van der Waals surface area contributed by atoms with Gasteiger partial charge < -0.3 is 10.3 Å². The van der Waals surface area contributed by atoms with Gasteiger partial charge in [0.05, 0.1) is 18.4 Å². The third-order valence-corrected chi connectivity index (χ3v) is 2.95. The fourth-order valence-electron chi connectivity index (χ4n) is 1.79. The van der Waals surface area contributed by atoms with Crippen LogP contribution >= 0.6 is 0 Å². The van der Waals surface area contributed by atoms with Crippen molar-refractivity contribution >= 4 is 0 Å². The number of nitrogens with zero attached hydrogens (tertiary/aromatic N) is 1. The summed E-state index contributed by atoms with van der Waals surface area (Å²) in [6, 6.07) is 2.39. The van der Waals surface area contributed by atoms with Crippen molar-refractivity contribution in [2.75, 3.05) is 0 Å². The van der Waals surface area contributed by atoms with Crippen molar-refractivity contribution in [2.24, 2.45) is 0 Å². The number of benzene rings is 1. The number of nitrogens with one attached hydrogen (secondary N) is 2. The Balaban J connectivity index is 2.23. The zero-order chi connectivity index (χ0) is 14.9. The van der Waals surface area contributed by atoms with Crippen molar-refractivity contribution in [3.8, 4) is 11.3 Å². The van der Waals surface area contributed by atoms with Crippen molar-refractivity contribution in [3.05, 3.63) is 41.4 Å². The van der Waals surface area contributed by atoms with Gasteiger partial charge in [0, 0.05) is 11.1 Å². The molecule has 0 amide bonds. The van der Waals surface area contributed by atoms with E-state index in [-0.39, 0.29) is 11.1 Å². The molecule has 1 aromatic heterocycles. The van der Waals surface area contributed by atoms with E-state index in [2.05, 4.69) is 15.3 Å². The maximum absolute atomic E-state index is 13.9. The summed E-state index contributed by atoms with van der Waals surface area (Å²) >= 11 is 0. The number of hydrogen-bond acceptors (Lipinski definition) is 2. The highest BCUT2D eigenvalue weighted by Gasteiger charge is 2.13. The fraction of sp³-hybridized carbons (Fsp3) is 0.400. The molecular weight excluding hydrogens is 260 g/mol. The monoisotopic (exact) mass is 279 g/mol. The molecule has 3 nitrogen and oxygen atoms in total. The number of hydrogen-bond donors (Lipinski definition) is 2. The molecule has 0 radical (unpaired) electrons. The molecule has 1 heterocycles. The Bertz CT molecular complexity index is 612. The lowest BCUT2D eigenvalue weighted by atomic mass is 10.1. The SMILES string of the molecule is Cc1cc(F)c(-c2cnc(CNC(C)(C)C)[nH]2)cc1F. The van der Waals surface area contributed by atoms with Crippen LogP contribution in [0.25, 0.3) is 11.3 Å². The van der Waals surface area contributed by atoms with E-state index in [9.17, 15) is 8.78 Å². The summed E-state index contributed by atoms with van der Waals surface area (Å²) in [6.07, 6.45) is 1.52. The minimum absolute atomic E-state index is 0.0336. The van der Waals surface area contributed by atoms with Crippen LogP contribution < -0.4 is 5.32 Å². The molecule has 2 rings (SSSR count). The number of aryl methyl sites for hydroxylation is 1. The molecule has 5 heteroatoms. The first-order valence-corrected chi connectivity index (χ1v) is 6.51. The molecule has 0 fully saturated rings. The number of imidazole rings is 1. The Labute approximate surface area is 117 Å². The second kappa shape index (κ2) is 5.32. The molecule has 0 bridgehead atoms. The lowest BCUT2D eigenvalue weighted by molar-refractivity contribution is 0.418. The van der Waals surface area contributed by atoms with Crippen molar-refractivity contribution in [3.63, 3.8) is 0 Å². The van der Waals surface area contributed by atoms with Gasteiger partial charge in [-0.05, 0) is 45.4 Å². The molecule has 0 saturated heterocycles. The van der Waals surface area contributed by atoms with E-state index in [1.807, 2.05) is 20.8 Å². The van der Waals surface area contributed by atoms with E-state index >= 15 is 0 Å². The highest BCUT2D eigenvalue weighted by molar-refractivity contribution is 5.60. The van der Waals surface area contributed by atoms with Gasteiger partial charge in [-0.3, -0.25) is 0 Å². The minimum atomic E-state index is -0.456. The number of rotatable bonds is 3. The highest BCUT2D eigenvalue weighted by Crippen LogP contribution is 2.24. The van der Waals surface area contributed by atoms with Crippen LogP contribution in [0.3, 0.4) is 0 Å². The molecule has 0 atom stereocenters. The van der Waals surface area contributed by atoms with Gasteiger partial charge in [0.1, 0.15) is 17.5 Å². The van der Waals surface area contributed by atoms with Crippen molar-refractivity contribution in [1.29, 1.82) is 0 Å². The Morgan fingerprint density at radius 1 is 1.20 bits per heavy atom. The topological polar surface area (TPSA) is 40.7 Å². The van der Waals surface area contributed by atoms with E-state index in [0.717, 1.165) is 0 Å². The van der Waals surface area contributed by atoms with E-state index in [1.165, 1.54) is 25.3 Å². The van der Waals surface area contributed by atoms with Crippen LogP contribution in [0, 0.1) is 18.6 Å². The normalized spacial score (nSPS) is 11.9. The van der Waals surface area contributed by atoms with Gasteiger partial charge in [0.25, 0.3) is 0 Å². The van der Waals surface area contributed by atoms with Crippen molar-refractivity contribution in [1.82, 2.24) is 15.3 Å². The quantitative estimate of drug-likeness (QED) is 0.902. The van der Waals surface area contributed by atoms with Crippen LogP contribution in [0.2, 0.25) is 0 Å². The fourth-order valence-corrected chi connectivity index (χ4v) is 1.79. The smallest absolute Gasteiger partial charge is 0.133 e. The largest absolute Gasteiger partial charge is 0.341 e. The molecular formula is C15H19F2N3. The lowest BCUT2D eigenvalue weighted by Gasteiger charge is -2.19. The first kappa shape index (κ1) is 14.7. The summed E-state index contributed by atoms with van der Waals surface area (Å²) in [4.78, 5) is 7.19. The second-order valence-electron chi connectivity index (χ2n) is 5.93. The number of halogens is 2. The molecule has 20 heavy (non-hydrogen) atoms. The van der Waals surface area contributed by atoms with Crippen LogP contribution in [0.5, 0.6) is 0 Å². The molecule has 0 aliphatic carbocycles. The summed E-state index contributed by atoms with van der Waals surface area (Å²) in [5, 5.41) is 3.28. The standard InChI is InChI=1S/C15H19F2N3/c1-9-5-12(17)10(6-11(9)16)13-7-18-14(20-13)8-19-15(2,3)4/h5-7,19H,8H2,1-4H3,(H,18,20). The first-order valence-electron chi connectivity index (χ1n) is 6.51. The number of H-pyrrole nitrogens is 1. The number of aromatic nitrogens is 2. The maximum atomic E-state index is 13.9. The predicted molar refractivity (Wildman–Crippen MR) is 75.3 cm³/mol. The zero-order valence-corrected chi connectivity index (χ0v) is 12.1. The van der Waals surface area contributed by atoms with Crippen LogP contribution in [-0.2, 0) is 6.54 Å². The summed E-state index contributed by atoms with van der Waals surface area (Å²) in [7, 11) is 0. The van der Waals surface area contributed by atoms with Crippen LogP contribution in [0.4, 0.5) is 8.78 Å².